The van der Waals surface area contributed by atoms with E-state index in [0.29, 0.717) is 18.9 Å². The maximum Gasteiger partial charge on any atom is 0.144 e. The highest BCUT2D eigenvalue weighted by Gasteiger charge is 2.28. The van der Waals surface area contributed by atoms with Gasteiger partial charge in [-0.1, -0.05) is 13.0 Å². The van der Waals surface area contributed by atoms with Gasteiger partial charge in [-0.05, 0) is 38.3 Å². The Morgan fingerprint density at radius 2 is 2.32 bits per heavy atom. The molecule has 4 nitrogen and oxygen atoms in total. The van der Waals surface area contributed by atoms with Crippen molar-refractivity contribution in [2.45, 2.75) is 38.6 Å². The second-order valence-electron chi connectivity index (χ2n) is 5.41. The number of nitrogens with two attached hydrogens (primary N) is 1. The summed E-state index contributed by atoms with van der Waals surface area (Å²) in [5, 5.41) is 3.51. The number of benzene rings is 1. The summed E-state index contributed by atoms with van der Waals surface area (Å²) in [6.07, 6.45) is 3.14. The van der Waals surface area contributed by atoms with Crippen LogP contribution in [0.3, 0.4) is 0 Å². The molecule has 0 aliphatic carbocycles. The molecule has 1 aromatic rings. The van der Waals surface area contributed by atoms with E-state index in [1.54, 1.807) is 0 Å². The van der Waals surface area contributed by atoms with Crippen molar-refractivity contribution in [3.05, 3.63) is 18.2 Å². The molecule has 0 spiro atoms. The molecule has 0 aromatic heterocycles. The quantitative estimate of drug-likeness (QED) is 0.803. The van der Waals surface area contributed by atoms with E-state index in [-0.39, 0.29) is 5.54 Å². The minimum absolute atomic E-state index is 0.0459. The highest BCUT2D eigenvalue weighted by Crippen LogP contribution is 2.33. The van der Waals surface area contributed by atoms with E-state index in [2.05, 4.69) is 19.2 Å². The minimum Gasteiger partial charge on any atom is -0.491 e. The molecule has 19 heavy (non-hydrogen) atoms. The van der Waals surface area contributed by atoms with Gasteiger partial charge in [-0.25, -0.2) is 0 Å². The Balaban J connectivity index is 2.11. The summed E-state index contributed by atoms with van der Waals surface area (Å²) in [6.45, 7) is 6.51. The standard InChI is InChI=1S/C15H24N2O2/c1-3-9-19-13-7-4-6-12(14(13)16)17-15(2)8-5-10-18-11-15/h4,6-7,17H,3,5,8-11,16H2,1-2H3. The Bertz CT molecular complexity index is 415. The molecule has 1 atom stereocenters. The molecule has 1 aromatic carbocycles. The van der Waals surface area contributed by atoms with Gasteiger partial charge < -0.3 is 20.5 Å². The van der Waals surface area contributed by atoms with Gasteiger partial charge in [-0.15, -0.1) is 0 Å². The Morgan fingerprint density at radius 3 is 3.00 bits per heavy atom. The summed E-state index contributed by atoms with van der Waals surface area (Å²) in [7, 11) is 0. The molecule has 0 amide bonds. The predicted octanol–water partition coefficient (Wildman–Crippen LogP) is 3.04. The average Bonchev–Trinajstić information content (AvgIpc) is 2.40. The van der Waals surface area contributed by atoms with Crippen LogP contribution >= 0.6 is 0 Å². The first-order chi connectivity index (χ1) is 9.14. The van der Waals surface area contributed by atoms with E-state index in [1.165, 1.54) is 0 Å². The van der Waals surface area contributed by atoms with Crippen LogP contribution < -0.4 is 15.8 Å². The Hall–Kier alpha value is -1.42. The number of anilines is 2. The lowest BCUT2D eigenvalue weighted by Gasteiger charge is -2.35. The first kappa shape index (κ1) is 14.0. The molecule has 2 rings (SSSR count). The van der Waals surface area contributed by atoms with Crippen LogP contribution in [0.1, 0.15) is 33.1 Å². The van der Waals surface area contributed by atoms with Gasteiger partial charge >= 0.3 is 0 Å². The van der Waals surface area contributed by atoms with Gasteiger partial charge in [0.2, 0.25) is 0 Å². The van der Waals surface area contributed by atoms with Crippen molar-refractivity contribution >= 4 is 11.4 Å². The third-order valence-electron chi connectivity index (χ3n) is 3.40. The zero-order valence-electron chi connectivity index (χ0n) is 11.9. The van der Waals surface area contributed by atoms with Crippen molar-refractivity contribution in [2.24, 2.45) is 0 Å². The molecule has 1 aliphatic heterocycles. The number of para-hydroxylation sites is 1. The summed E-state index contributed by atoms with van der Waals surface area (Å²) < 4.78 is 11.2. The van der Waals surface area contributed by atoms with E-state index in [9.17, 15) is 0 Å². The molecule has 1 fully saturated rings. The zero-order valence-corrected chi connectivity index (χ0v) is 11.9. The van der Waals surface area contributed by atoms with E-state index in [1.807, 2.05) is 18.2 Å². The first-order valence-corrected chi connectivity index (χ1v) is 7.02. The molecule has 1 unspecified atom stereocenters. The van der Waals surface area contributed by atoms with Crippen LogP contribution in [-0.2, 0) is 4.74 Å². The second-order valence-corrected chi connectivity index (χ2v) is 5.41. The lowest BCUT2D eigenvalue weighted by atomic mass is 9.94. The normalized spacial score (nSPS) is 23.1. The molecule has 0 bridgehead atoms. The topological polar surface area (TPSA) is 56.5 Å². The van der Waals surface area contributed by atoms with Crippen LogP contribution in [0.4, 0.5) is 11.4 Å². The van der Waals surface area contributed by atoms with E-state index >= 15 is 0 Å². The maximum atomic E-state index is 6.17. The molecular formula is C15H24N2O2. The molecule has 0 saturated carbocycles. The molecule has 1 heterocycles. The Labute approximate surface area is 115 Å². The van der Waals surface area contributed by atoms with Crippen LogP contribution in [-0.4, -0.2) is 25.4 Å². The number of nitrogens with one attached hydrogen (secondary N) is 1. The maximum absolute atomic E-state index is 6.17. The fourth-order valence-corrected chi connectivity index (χ4v) is 2.35. The van der Waals surface area contributed by atoms with Crippen molar-refractivity contribution in [1.29, 1.82) is 0 Å². The van der Waals surface area contributed by atoms with Crippen molar-refractivity contribution in [1.82, 2.24) is 0 Å². The average molecular weight is 264 g/mol. The van der Waals surface area contributed by atoms with Crippen LogP contribution in [0.15, 0.2) is 18.2 Å². The lowest BCUT2D eigenvalue weighted by molar-refractivity contribution is 0.0540. The monoisotopic (exact) mass is 264 g/mol. The van der Waals surface area contributed by atoms with Crippen LogP contribution in [0.5, 0.6) is 5.75 Å². The summed E-state index contributed by atoms with van der Waals surface area (Å²) >= 11 is 0. The van der Waals surface area contributed by atoms with E-state index in [0.717, 1.165) is 37.3 Å². The van der Waals surface area contributed by atoms with Gasteiger partial charge in [0.15, 0.2) is 0 Å². The Morgan fingerprint density at radius 1 is 1.47 bits per heavy atom. The second kappa shape index (κ2) is 6.15. The van der Waals surface area contributed by atoms with Gasteiger partial charge in [0.1, 0.15) is 5.75 Å². The SMILES string of the molecule is CCCOc1cccc(NC2(C)CCCOC2)c1N. The highest BCUT2D eigenvalue weighted by molar-refractivity contribution is 5.73. The molecule has 4 heteroatoms. The summed E-state index contributed by atoms with van der Waals surface area (Å²) in [4.78, 5) is 0. The smallest absolute Gasteiger partial charge is 0.144 e. The Kier molecular flexibility index (Phi) is 4.53. The fourth-order valence-electron chi connectivity index (χ4n) is 2.35. The van der Waals surface area contributed by atoms with Crippen LogP contribution in [0, 0.1) is 0 Å². The van der Waals surface area contributed by atoms with E-state index in [4.69, 9.17) is 15.2 Å². The third-order valence-corrected chi connectivity index (χ3v) is 3.40. The van der Waals surface area contributed by atoms with Gasteiger partial charge in [0.25, 0.3) is 0 Å². The van der Waals surface area contributed by atoms with Crippen LogP contribution in [0.25, 0.3) is 0 Å². The molecule has 1 saturated heterocycles. The molecule has 0 radical (unpaired) electrons. The molecule has 3 N–H and O–H groups in total. The molecule has 106 valence electrons. The lowest BCUT2D eigenvalue weighted by Crippen LogP contribution is -2.43. The first-order valence-electron chi connectivity index (χ1n) is 7.02. The van der Waals surface area contributed by atoms with Gasteiger partial charge in [-0.2, -0.15) is 0 Å². The number of hydrogen-bond acceptors (Lipinski definition) is 4. The largest absolute Gasteiger partial charge is 0.491 e. The fraction of sp³-hybridized carbons (Fsp3) is 0.600. The van der Waals surface area contributed by atoms with Gasteiger partial charge in [-0.3, -0.25) is 0 Å². The van der Waals surface area contributed by atoms with Crippen molar-refractivity contribution < 1.29 is 9.47 Å². The summed E-state index contributed by atoms with van der Waals surface area (Å²) in [5.74, 6) is 0.757. The third kappa shape index (κ3) is 3.53. The highest BCUT2D eigenvalue weighted by atomic mass is 16.5. The van der Waals surface area contributed by atoms with Crippen LogP contribution in [0.2, 0.25) is 0 Å². The van der Waals surface area contributed by atoms with E-state index < -0.39 is 0 Å². The molecular weight excluding hydrogens is 240 g/mol. The zero-order chi connectivity index (χ0) is 13.7. The molecule has 1 aliphatic rings. The number of hydrogen-bond donors (Lipinski definition) is 2. The minimum atomic E-state index is -0.0459. The number of nitrogen functional groups attached to an aromatic ring is 1. The number of rotatable bonds is 5. The van der Waals surface area contributed by atoms with Crippen molar-refractivity contribution in [2.75, 3.05) is 30.9 Å². The van der Waals surface area contributed by atoms with Gasteiger partial charge in [0.05, 0.1) is 30.1 Å². The summed E-state index contributed by atoms with van der Waals surface area (Å²) in [5.41, 5.74) is 7.74. The number of ether oxygens (including phenoxy) is 2. The van der Waals surface area contributed by atoms with Crippen molar-refractivity contribution in [3.63, 3.8) is 0 Å². The summed E-state index contributed by atoms with van der Waals surface area (Å²) in [6, 6.07) is 5.88. The predicted molar refractivity (Wildman–Crippen MR) is 78.7 cm³/mol. The van der Waals surface area contributed by atoms with Gasteiger partial charge in [0, 0.05) is 6.61 Å². The van der Waals surface area contributed by atoms with Crippen molar-refractivity contribution in [3.8, 4) is 5.75 Å².